The maximum absolute atomic E-state index is 12.4. The molecule has 1 saturated heterocycles. The van der Waals surface area contributed by atoms with E-state index in [0.29, 0.717) is 6.54 Å². The molecule has 0 aliphatic carbocycles. The molecule has 7 nitrogen and oxygen atoms in total. The van der Waals surface area contributed by atoms with Crippen molar-refractivity contribution in [3.63, 3.8) is 0 Å². The van der Waals surface area contributed by atoms with E-state index in [0.717, 1.165) is 55.1 Å². The first-order valence-electron chi connectivity index (χ1n) is 9.16. The van der Waals surface area contributed by atoms with E-state index >= 15 is 0 Å². The van der Waals surface area contributed by atoms with Crippen LogP contribution in [0.5, 0.6) is 5.75 Å². The fraction of sp³-hybridized carbons (Fsp3) is 0.500. The lowest BCUT2D eigenvalue weighted by atomic mass is 10.2. The van der Waals surface area contributed by atoms with Gasteiger partial charge in [0, 0.05) is 57.7 Å². The van der Waals surface area contributed by atoms with Crippen LogP contribution in [0.15, 0.2) is 29.3 Å². The van der Waals surface area contributed by atoms with Crippen LogP contribution in [0.1, 0.15) is 18.3 Å². The zero-order valence-corrected chi connectivity index (χ0v) is 16.8. The Labute approximate surface area is 167 Å². The first-order chi connectivity index (χ1) is 13.6. The number of ether oxygens (including phenoxy) is 1. The molecule has 1 aromatic carbocycles. The Kier molecular flexibility index (Phi) is 6.96. The Hall–Kier alpha value is -2.49. The Morgan fingerprint density at radius 2 is 2.11 bits per heavy atom. The molecule has 0 amide bonds. The lowest BCUT2D eigenvalue weighted by Gasteiger charge is -2.36. The van der Waals surface area contributed by atoms with Crippen molar-refractivity contribution in [2.45, 2.75) is 26.5 Å². The number of halogens is 2. The fourth-order valence-corrected chi connectivity index (χ4v) is 3.77. The zero-order chi connectivity index (χ0) is 19.9. The van der Waals surface area contributed by atoms with Gasteiger partial charge in [0.1, 0.15) is 11.6 Å². The van der Waals surface area contributed by atoms with Crippen LogP contribution in [0, 0.1) is 0 Å². The number of aromatic nitrogens is 2. The highest BCUT2D eigenvalue weighted by molar-refractivity contribution is 7.09. The molecule has 2 aromatic rings. The zero-order valence-electron chi connectivity index (χ0n) is 15.9. The highest BCUT2D eigenvalue weighted by Gasteiger charge is 2.22. The highest BCUT2D eigenvalue weighted by atomic mass is 32.1. The average Bonchev–Trinajstić information content (AvgIpc) is 3.18. The van der Waals surface area contributed by atoms with Gasteiger partial charge in [0.15, 0.2) is 5.96 Å². The molecule has 1 aromatic heterocycles. The number of benzene rings is 1. The van der Waals surface area contributed by atoms with E-state index in [1.165, 1.54) is 17.6 Å². The van der Waals surface area contributed by atoms with E-state index in [1.807, 2.05) is 6.07 Å². The number of hydrogen-bond donors (Lipinski definition) is 1. The monoisotopic (exact) mass is 410 g/mol. The van der Waals surface area contributed by atoms with Crippen LogP contribution in [0.25, 0.3) is 0 Å². The van der Waals surface area contributed by atoms with Crippen LogP contribution in [0.2, 0.25) is 0 Å². The topological polar surface area (TPSA) is 65.9 Å². The SMILES string of the molecule is CCc1nsc(N2CCN(C(=NC)NCc3cccc(OC(F)F)c3)CC2)n1. The summed E-state index contributed by atoms with van der Waals surface area (Å²) < 4.78 is 33.5. The van der Waals surface area contributed by atoms with Crippen molar-refractivity contribution < 1.29 is 13.5 Å². The van der Waals surface area contributed by atoms with Crippen molar-refractivity contribution in [3.8, 4) is 5.75 Å². The minimum Gasteiger partial charge on any atom is -0.435 e. The fourth-order valence-electron chi connectivity index (χ4n) is 2.97. The quantitative estimate of drug-likeness (QED) is 0.583. The van der Waals surface area contributed by atoms with Crippen LogP contribution < -0.4 is 15.0 Å². The summed E-state index contributed by atoms with van der Waals surface area (Å²) in [6, 6.07) is 6.67. The van der Waals surface area contributed by atoms with E-state index in [2.05, 4.69) is 41.1 Å². The third kappa shape index (κ3) is 5.28. The molecule has 1 fully saturated rings. The van der Waals surface area contributed by atoms with Crippen LogP contribution in [-0.2, 0) is 13.0 Å². The third-order valence-electron chi connectivity index (χ3n) is 4.41. The summed E-state index contributed by atoms with van der Waals surface area (Å²) in [5.74, 6) is 1.82. The summed E-state index contributed by atoms with van der Waals surface area (Å²) >= 11 is 1.44. The van der Waals surface area contributed by atoms with Gasteiger partial charge in [-0.1, -0.05) is 19.1 Å². The number of anilines is 1. The van der Waals surface area contributed by atoms with Crippen molar-refractivity contribution in [1.82, 2.24) is 19.6 Å². The highest BCUT2D eigenvalue weighted by Crippen LogP contribution is 2.19. The molecule has 0 radical (unpaired) electrons. The minimum absolute atomic E-state index is 0.154. The number of aryl methyl sites for hydroxylation is 1. The number of nitrogens with one attached hydrogen (secondary N) is 1. The molecule has 1 aliphatic rings. The Bertz CT molecular complexity index is 792. The summed E-state index contributed by atoms with van der Waals surface area (Å²) in [4.78, 5) is 13.3. The van der Waals surface area contributed by atoms with Gasteiger partial charge in [0.2, 0.25) is 5.13 Å². The van der Waals surface area contributed by atoms with Gasteiger partial charge >= 0.3 is 6.61 Å². The number of aliphatic imine (C=N–C) groups is 1. The van der Waals surface area contributed by atoms with Gasteiger partial charge < -0.3 is 19.9 Å². The summed E-state index contributed by atoms with van der Waals surface area (Å²) in [6.07, 6.45) is 0.844. The van der Waals surface area contributed by atoms with Gasteiger partial charge in [-0.25, -0.2) is 4.98 Å². The molecule has 0 saturated carbocycles. The van der Waals surface area contributed by atoms with Gasteiger partial charge in [-0.2, -0.15) is 13.2 Å². The number of guanidine groups is 1. The standard InChI is InChI=1S/C18H24F2N6OS/c1-3-15-23-18(28-24-15)26-9-7-25(8-10-26)17(21-2)22-12-13-5-4-6-14(11-13)27-16(19)20/h4-6,11,16H,3,7-10,12H2,1-2H3,(H,21,22). The lowest BCUT2D eigenvalue weighted by molar-refractivity contribution is -0.0498. The molecule has 0 spiro atoms. The number of nitrogens with zero attached hydrogens (tertiary/aromatic N) is 5. The van der Waals surface area contributed by atoms with Gasteiger partial charge in [-0.15, -0.1) is 0 Å². The number of piperazine rings is 1. The number of hydrogen-bond acceptors (Lipinski definition) is 6. The van der Waals surface area contributed by atoms with Gasteiger partial charge in [-0.05, 0) is 17.7 Å². The first-order valence-corrected chi connectivity index (χ1v) is 9.93. The molecule has 0 unspecified atom stereocenters. The molecule has 1 aliphatic heterocycles. The number of alkyl halides is 2. The van der Waals surface area contributed by atoms with E-state index in [9.17, 15) is 8.78 Å². The van der Waals surface area contributed by atoms with Gasteiger partial charge in [-0.3, -0.25) is 4.99 Å². The summed E-state index contributed by atoms with van der Waals surface area (Å²) in [7, 11) is 1.74. The van der Waals surface area contributed by atoms with Crippen molar-refractivity contribution in [2.75, 3.05) is 38.1 Å². The molecular weight excluding hydrogens is 386 g/mol. The molecule has 1 N–H and O–H groups in total. The van der Waals surface area contributed by atoms with E-state index in [-0.39, 0.29) is 5.75 Å². The van der Waals surface area contributed by atoms with Crippen LogP contribution >= 0.6 is 11.5 Å². The average molecular weight is 410 g/mol. The molecule has 0 bridgehead atoms. The predicted molar refractivity (Wildman–Crippen MR) is 106 cm³/mol. The lowest BCUT2D eigenvalue weighted by Crippen LogP contribution is -2.52. The van der Waals surface area contributed by atoms with E-state index < -0.39 is 6.61 Å². The summed E-state index contributed by atoms with van der Waals surface area (Å²) in [5.41, 5.74) is 0.846. The van der Waals surface area contributed by atoms with Gasteiger partial charge in [0.05, 0.1) is 0 Å². The second kappa shape index (κ2) is 9.63. The largest absolute Gasteiger partial charge is 0.435 e. The summed E-state index contributed by atoms with van der Waals surface area (Å²) in [5, 5.41) is 4.26. The Balaban J connectivity index is 1.52. The second-order valence-corrected chi connectivity index (χ2v) is 6.98. The Morgan fingerprint density at radius 1 is 1.32 bits per heavy atom. The maximum Gasteiger partial charge on any atom is 0.387 e. The van der Waals surface area contributed by atoms with E-state index in [4.69, 9.17) is 0 Å². The molecular formula is C18H24F2N6OS. The molecule has 152 valence electrons. The second-order valence-electron chi connectivity index (χ2n) is 6.25. The van der Waals surface area contributed by atoms with Crippen molar-refractivity contribution in [1.29, 1.82) is 0 Å². The molecule has 10 heteroatoms. The molecule has 28 heavy (non-hydrogen) atoms. The van der Waals surface area contributed by atoms with Crippen LogP contribution in [0.4, 0.5) is 13.9 Å². The normalized spacial score (nSPS) is 15.2. The third-order valence-corrected chi connectivity index (χ3v) is 5.22. The van der Waals surface area contributed by atoms with Crippen molar-refractivity contribution in [3.05, 3.63) is 35.7 Å². The van der Waals surface area contributed by atoms with Crippen molar-refractivity contribution in [2.24, 2.45) is 4.99 Å². The number of rotatable bonds is 6. The van der Waals surface area contributed by atoms with E-state index in [1.54, 1.807) is 19.2 Å². The minimum atomic E-state index is -2.83. The molecule has 3 rings (SSSR count). The smallest absolute Gasteiger partial charge is 0.387 e. The van der Waals surface area contributed by atoms with Crippen LogP contribution in [-0.4, -0.2) is 60.1 Å². The van der Waals surface area contributed by atoms with Crippen LogP contribution in [0.3, 0.4) is 0 Å². The van der Waals surface area contributed by atoms with Gasteiger partial charge in [0.25, 0.3) is 0 Å². The molecule has 0 atom stereocenters. The Morgan fingerprint density at radius 3 is 2.75 bits per heavy atom. The molecule has 2 heterocycles. The first kappa shape index (κ1) is 20.2. The van der Waals surface area contributed by atoms with Crippen molar-refractivity contribution >= 4 is 22.6 Å². The predicted octanol–water partition coefficient (Wildman–Crippen LogP) is 2.60. The maximum atomic E-state index is 12.4. The summed E-state index contributed by atoms with van der Waals surface area (Å²) in [6.45, 7) is 3.02.